The minimum Gasteiger partial charge on any atom is -0.383 e. The molecule has 0 spiro atoms. The maximum absolute atomic E-state index is 7.01. The Hall–Kier alpha value is -1.38. The Morgan fingerprint density at radius 2 is 1.92 bits per heavy atom. The fourth-order valence-electron chi connectivity index (χ4n) is 0.861. The summed E-state index contributed by atoms with van der Waals surface area (Å²) < 4.78 is 0. The van der Waals surface area contributed by atoms with Crippen LogP contribution in [0.15, 0.2) is 6.07 Å². The summed E-state index contributed by atoms with van der Waals surface area (Å²) in [4.78, 5) is 4.07. The van der Waals surface area contributed by atoms with Crippen LogP contribution in [-0.2, 0) is 0 Å². The lowest BCUT2D eigenvalue weighted by Crippen LogP contribution is -1.99. The van der Waals surface area contributed by atoms with Crippen molar-refractivity contribution in [1.82, 2.24) is 4.98 Å². The lowest BCUT2D eigenvalue weighted by atomic mass is 10.1. The number of hydrogen-bond donors (Lipinski definition) is 2. The second kappa shape index (κ2) is 5.30. The number of aryl methyl sites for hydroxylation is 2. The zero-order chi connectivity index (χ0) is 10.4. The second-order valence-electron chi connectivity index (χ2n) is 2.51. The van der Waals surface area contributed by atoms with E-state index in [1.165, 1.54) is 6.21 Å². The Balaban J connectivity index is 0.000000671. The molecule has 3 heteroatoms. The van der Waals surface area contributed by atoms with Crippen LogP contribution in [0.25, 0.3) is 0 Å². The molecule has 0 aliphatic rings. The maximum atomic E-state index is 7.01. The fraction of sp³-hybridized carbons (Fsp3) is 0.400. The van der Waals surface area contributed by atoms with Crippen molar-refractivity contribution in [3.05, 3.63) is 22.9 Å². The van der Waals surface area contributed by atoms with Crippen LogP contribution >= 0.6 is 0 Å². The van der Waals surface area contributed by atoms with Gasteiger partial charge in [-0.2, -0.15) is 0 Å². The molecule has 3 N–H and O–H groups in total. The van der Waals surface area contributed by atoms with Crippen LogP contribution in [0.2, 0.25) is 0 Å². The monoisotopic (exact) mass is 179 g/mol. The average Bonchev–Trinajstić information content (AvgIpc) is 2.15. The van der Waals surface area contributed by atoms with Gasteiger partial charge in [0.2, 0.25) is 0 Å². The van der Waals surface area contributed by atoms with Gasteiger partial charge in [0.1, 0.15) is 5.82 Å². The number of nitrogens with one attached hydrogen (secondary N) is 1. The fourth-order valence-corrected chi connectivity index (χ4v) is 0.861. The molecule has 0 saturated carbocycles. The molecule has 0 bridgehead atoms. The first-order chi connectivity index (χ1) is 6.15. The zero-order valence-corrected chi connectivity index (χ0v) is 8.68. The third kappa shape index (κ3) is 2.86. The number of hydrogen-bond acceptors (Lipinski definition) is 3. The van der Waals surface area contributed by atoms with Crippen LogP contribution in [0.3, 0.4) is 0 Å². The first-order valence-electron chi connectivity index (χ1n) is 4.39. The summed E-state index contributed by atoms with van der Waals surface area (Å²) in [6.45, 7) is 7.86. The molecule has 72 valence electrons. The van der Waals surface area contributed by atoms with E-state index in [0.29, 0.717) is 11.4 Å². The first-order valence-corrected chi connectivity index (χ1v) is 4.39. The molecule has 0 aromatic carbocycles. The second-order valence-corrected chi connectivity index (χ2v) is 2.51. The van der Waals surface area contributed by atoms with Gasteiger partial charge in [-0.3, -0.25) is 0 Å². The van der Waals surface area contributed by atoms with Crippen molar-refractivity contribution in [2.75, 3.05) is 5.73 Å². The summed E-state index contributed by atoms with van der Waals surface area (Å²) >= 11 is 0. The molecule has 1 aromatic heterocycles. The molecule has 0 atom stereocenters. The molecule has 1 aromatic rings. The Labute approximate surface area is 79.5 Å². The number of nitrogens with two attached hydrogens (primary N) is 1. The topological polar surface area (TPSA) is 62.8 Å². The molecule has 0 aliphatic carbocycles. The normalized spacial score (nSPS) is 8.62. The average molecular weight is 179 g/mol. The van der Waals surface area contributed by atoms with Gasteiger partial charge in [0.25, 0.3) is 0 Å². The number of anilines is 1. The van der Waals surface area contributed by atoms with Crippen molar-refractivity contribution in [3.8, 4) is 0 Å². The smallest absolute Gasteiger partial charge is 0.132 e. The van der Waals surface area contributed by atoms with E-state index in [9.17, 15) is 0 Å². The quantitative estimate of drug-likeness (QED) is 0.650. The number of rotatable bonds is 1. The SMILES string of the molecule is CC.Cc1cc(C=N)c(N)nc1C. The van der Waals surface area contributed by atoms with Gasteiger partial charge in [0.05, 0.1) is 0 Å². The van der Waals surface area contributed by atoms with Crippen molar-refractivity contribution in [2.24, 2.45) is 0 Å². The van der Waals surface area contributed by atoms with Crippen molar-refractivity contribution in [2.45, 2.75) is 27.7 Å². The molecule has 0 unspecified atom stereocenters. The van der Waals surface area contributed by atoms with Crippen LogP contribution in [0.1, 0.15) is 30.7 Å². The Morgan fingerprint density at radius 3 is 2.38 bits per heavy atom. The highest BCUT2D eigenvalue weighted by molar-refractivity contribution is 5.83. The van der Waals surface area contributed by atoms with Gasteiger partial charge in [-0.1, -0.05) is 13.8 Å². The summed E-state index contributed by atoms with van der Waals surface area (Å²) in [5.74, 6) is 0.433. The van der Waals surface area contributed by atoms with E-state index in [2.05, 4.69) is 4.98 Å². The predicted molar refractivity (Wildman–Crippen MR) is 57.4 cm³/mol. The molecule has 0 radical (unpaired) electrons. The molecule has 13 heavy (non-hydrogen) atoms. The van der Waals surface area contributed by atoms with E-state index in [1.54, 1.807) is 0 Å². The minimum atomic E-state index is 0.433. The number of nitrogens with zero attached hydrogens (tertiary/aromatic N) is 1. The van der Waals surface area contributed by atoms with E-state index in [4.69, 9.17) is 11.1 Å². The van der Waals surface area contributed by atoms with Crippen LogP contribution in [0.4, 0.5) is 5.82 Å². The van der Waals surface area contributed by atoms with Gasteiger partial charge in [-0.05, 0) is 25.5 Å². The van der Waals surface area contributed by atoms with E-state index in [1.807, 2.05) is 33.8 Å². The predicted octanol–water partition coefficient (Wildman–Crippen LogP) is 2.30. The van der Waals surface area contributed by atoms with E-state index >= 15 is 0 Å². The lowest BCUT2D eigenvalue weighted by molar-refractivity contribution is 1.15. The highest BCUT2D eigenvalue weighted by Crippen LogP contribution is 2.11. The maximum Gasteiger partial charge on any atom is 0.132 e. The zero-order valence-electron chi connectivity index (χ0n) is 8.68. The molecule has 3 nitrogen and oxygen atoms in total. The largest absolute Gasteiger partial charge is 0.383 e. The number of aromatic nitrogens is 1. The third-order valence-electron chi connectivity index (χ3n) is 1.68. The van der Waals surface area contributed by atoms with Gasteiger partial charge in [0.15, 0.2) is 0 Å². The minimum absolute atomic E-state index is 0.433. The molecular formula is C10H17N3. The van der Waals surface area contributed by atoms with Crippen LogP contribution in [0.5, 0.6) is 0 Å². The Morgan fingerprint density at radius 1 is 1.38 bits per heavy atom. The third-order valence-corrected chi connectivity index (χ3v) is 1.68. The van der Waals surface area contributed by atoms with Crippen LogP contribution in [-0.4, -0.2) is 11.2 Å². The molecule has 0 saturated heterocycles. The van der Waals surface area contributed by atoms with Gasteiger partial charge >= 0.3 is 0 Å². The van der Waals surface area contributed by atoms with Gasteiger partial charge in [-0.15, -0.1) is 0 Å². The summed E-state index contributed by atoms with van der Waals surface area (Å²) in [5.41, 5.74) is 8.22. The summed E-state index contributed by atoms with van der Waals surface area (Å²) in [5, 5.41) is 7.01. The van der Waals surface area contributed by atoms with Gasteiger partial charge < -0.3 is 11.1 Å². The highest BCUT2D eigenvalue weighted by atomic mass is 14.8. The molecule has 1 heterocycles. The summed E-state index contributed by atoms with van der Waals surface area (Å²) in [7, 11) is 0. The number of nitrogen functional groups attached to an aromatic ring is 1. The summed E-state index contributed by atoms with van der Waals surface area (Å²) in [6, 6.07) is 1.87. The number of pyridine rings is 1. The van der Waals surface area contributed by atoms with E-state index in [-0.39, 0.29) is 0 Å². The van der Waals surface area contributed by atoms with Crippen molar-refractivity contribution in [1.29, 1.82) is 5.41 Å². The Bertz CT molecular complexity index is 292. The molecule has 0 amide bonds. The standard InChI is InChI=1S/C8H11N3.C2H6/c1-5-3-7(4-9)8(10)11-6(5)2;1-2/h3-4,9H,1-2H3,(H2,10,11);1-2H3. The first kappa shape index (κ1) is 11.6. The van der Waals surface area contributed by atoms with Crippen LogP contribution < -0.4 is 5.73 Å². The molecule has 0 aliphatic heterocycles. The van der Waals surface area contributed by atoms with Crippen LogP contribution in [0, 0.1) is 19.3 Å². The molecule has 1 rings (SSSR count). The van der Waals surface area contributed by atoms with Gasteiger partial charge in [0, 0.05) is 17.5 Å². The van der Waals surface area contributed by atoms with Gasteiger partial charge in [-0.25, -0.2) is 4.98 Å². The Kier molecular flexibility index (Phi) is 4.74. The lowest BCUT2D eigenvalue weighted by Gasteiger charge is -2.02. The summed E-state index contributed by atoms with van der Waals surface area (Å²) in [6.07, 6.45) is 1.22. The van der Waals surface area contributed by atoms with Crippen molar-refractivity contribution < 1.29 is 0 Å². The molecular weight excluding hydrogens is 162 g/mol. The van der Waals surface area contributed by atoms with Crippen molar-refractivity contribution >= 4 is 12.0 Å². The molecule has 0 fully saturated rings. The van der Waals surface area contributed by atoms with Crippen molar-refractivity contribution in [3.63, 3.8) is 0 Å². The van der Waals surface area contributed by atoms with E-state index < -0.39 is 0 Å². The van der Waals surface area contributed by atoms with E-state index in [0.717, 1.165) is 11.3 Å². The highest BCUT2D eigenvalue weighted by Gasteiger charge is 2.00.